The molecule has 0 atom stereocenters. The number of rotatable bonds is 2. The van der Waals surface area contributed by atoms with E-state index in [1.807, 2.05) is 0 Å². The Labute approximate surface area is 68.2 Å². The summed E-state index contributed by atoms with van der Waals surface area (Å²) in [5.41, 5.74) is 0.130. The van der Waals surface area contributed by atoms with Crippen LogP contribution < -0.4 is 4.74 Å². The van der Waals surface area contributed by atoms with Gasteiger partial charge in [0.25, 0.3) is 0 Å². The first-order valence-electron chi connectivity index (χ1n) is 3.13. The lowest BCUT2D eigenvalue weighted by Gasteiger charge is -1.99. The average Bonchev–Trinajstić information content (AvgIpc) is 2.03. The second kappa shape index (κ2) is 3.12. The molecule has 0 bridgehead atoms. The van der Waals surface area contributed by atoms with Crippen molar-refractivity contribution in [3.8, 4) is 6.01 Å². The molecule has 0 radical (unpaired) electrons. The molecule has 0 saturated heterocycles. The second-order valence-corrected chi connectivity index (χ2v) is 2.04. The van der Waals surface area contributed by atoms with Gasteiger partial charge in [-0.15, -0.1) is 5.10 Å². The van der Waals surface area contributed by atoms with Gasteiger partial charge in [-0.25, -0.2) is 4.79 Å². The molecule has 0 aliphatic heterocycles. The average molecular weight is 169 g/mol. The number of hydrogen-bond acceptors (Lipinski definition) is 5. The van der Waals surface area contributed by atoms with E-state index in [-0.39, 0.29) is 17.4 Å². The third-order valence-corrected chi connectivity index (χ3v) is 1.23. The summed E-state index contributed by atoms with van der Waals surface area (Å²) in [6, 6.07) is 0.0671. The number of carbonyl (C=O) groups is 1. The molecule has 0 fully saturated rings. The molecule has 6 heteroatoms. The van der Waals surface area contributed by atoms with Crippen molar-refractivity contribution in [2.24, 2.45) is 0 Å². The zero-order valence-corrected chi connectivity index (χ0v) is 6.61. The number of hydrogen-bond donors (Lipinski definition) is 1. The molecule has 1 aromatic rings. The van der Waals surface area contributed by atoms with Crippen molar-refractivity contribution in [1.82, 2.24) is 15.2 Å². The first kappa shape index (κ1) is 8.38. The molecule has 0 spiro atoms. The maximum atomic E-state index is 10.4. The Morgan fingerprint density at radius 3 is 2.58 bits per heavy atom. The normalized spacial score (nSPS) is 9.50. The monoisotopic (exact) mass is 169 g/mol. The largest absolute Gasteiger partial charge is 0.476 e. The summed E-state index contributed by atoms with van der Waals surface area (Å²) in [6.45, 7) is 1.53. The van der Waals surface area contributed by atoms with Crippen LogP contribution >= 0.6 is 0 Å². The van der Waals surface area contributed by atoms with Crippen LogP contribution in [0.2, 0.25) is 0 Å². The lowest BCUT2D eigenvalue weighted by atomic mass is 10.3. The minimum atomic E-state index is -1.14. The van der Waals surface area contributed by atoms with Gasteiger partial charge in [0.1, 0.15) is 0 Å². The molecule has 6 nitrogen and oxygen atoms in total. The van der Waals surface area contributed by atoms with Crippen molar-refractivity contribution >= 4 is 5.97 Å². The molecule has 1 aromatic heterocycles. The third kappa shape index (κ3) is 1.47. The Kier molecular flexibility index (Phi) is 2.18. The van der Waals surface area contributed by atoms with Gasteiger partial charge in [-0.2, -0.15) is 4.98 Å². The number of methoxy groups -OCH3 is 1. The van der Waals surface area contributed by atoms with E-state index < -0.39 is 5.97 Å². The predicted octanol–water partition coefficient (Wildman–Crippen LogP) is -0.113. The third-order valence-electron chi connectivity index (χ3n) is 1.23. The fourth-order valence-corrected chi connectivity index (χ4v) is 0.668. The zero-order valence-electron chi connectivity index (χ0n) is 6.61. The summed E-state index contributed by atoms with van der Waals surface area (Å²) in [4.78, 5) is 14.2. The number of aryl methyl sites for hydroxylation is 1. The number of aromatic carboxylic acids is 1. The second-order valence-electron chi connectivity index (χ2n) is 2.04. The van der Waals surface area contributed by atoms with E-state index in [0.717, 1.165) is 0 Å². The molecule has 64 valence electrons. The molecule has 1 N–H and O–H groups in total. The summed E-state index contributed by atoms with van der Waals surface area (Å²) in [5, 5.41) is 15.4. The summed E-state index contributed by atoms with van der Waals surface area (Å²) in [6.07, 6.45) is 0. The summed E-state index contributed by atoms with van der Waals surface area (Å²) >= 11 is 0. The van der Waals surface area contributed by atoms with E-state index in [4.69, 9.17) is 5.11 Å². The summed E-state index contributed by atoms with van der Waals surface area (Å²) < 4.78 is 4.65. The van der Waals surface area contributed by atoms with Crippen LogP contribution in [0.15, 0.2) is 0 Å². The van der Waals surface area contributed by atoms with Gasteiger partial charge in [0, 0.05) is 0 Å². The van der Waals surface area contributed by atoms with E-state index in [2.05, 4.69) is 19.9 Å². The Morgan fingerprint density at radius 2 is 2.17 bits per heavy atom. The van der Waals surface area contributed by atoms with E-state index in [1.165, 1.54) is 14.0 Å². The van der Waals surface area contributed by atoms with Crippen LogP contribution in [-0.4, -0.2) is 33.4 Å². The van der Waals surface area contributed by atoms with Crippen molar-refractivity contribution in [3.05, 3.63) is 11.4 Å². The summed E-state index contributed by atoms with van der Waals surface area (Å²) in [5.74, 6) is -1.14. The van der Waals surface area contributed by atoms with Crippen LogP contribution in [0.25, 0.3) is 0 Å². The minimum Gasteiger partial charge on any atom is -0.476 e. The molecule has 0 aromatic carbocycles. The fraction of sp³-hybridized carbons (Fsp3) is 0.333. The van der Waals surface area contributed by atoms with Crippen LogP contribution in [-0.2, 0) is 0 Å². The fourth-order valence-electron chi connectivity index (χ4n) is 0.668. The minimum absolute atomic E-state index is 0.0671. The number of carboxylic acid groups (broad SMARTS) is 1. The predicted molar refractivity (Wildman–Crippen MR) is 38.1 cm³/mol. The maximum absolute atomic E-state index is 10.4. The van der Waals surface area contributed by atoms with Crippen molar-refractivity contribution in [2.45, 2.75) is 6.92 Å². The molecule has 12 heavy (non-hydrogen) atoms. The van der Waals surface area contributed by atoms with Gasteiger partial charge in [0.15, 0.2) is 5.69 Å². The highest BCUT2D eigenvalue weighted by molar-refractivity contribution is 5.86. The number of ether oxygens (including phenoxy) is 1. The smallest absolute Gasteiger partial charge is 0.358 e. The van der Waals surface area contributed by atoms with E-state index >= 15 is 0 Å². The molecule has 0 aliphatic rings. The van der Waals surface area contributed by atoms with Crippen LogP contribution in [0, 0.1) is 6.92 Å². The molecular weight excluding hydrogens is 162 g/mol. The zero-order chi connectivity index (χ0) is 9.14. The highest BCUT2D eigenvalue weighted by Gasteiger charge is 2.11. The molecule has 1 rings (SSSR count). The van der Waals surface area contributed by atoms with Crippen molar-refractivity contribution in [1.29, 1.82) is 0 Å². The van der Waals surface area contributed by atoms with Crippen LogP contribution in [0.5, 0.6) is 6.01 Å². The SMILES string of the molecule is COc1nnc(C(=O)O)c(C)n1. The van der Waals surface area contributed by atoms with Gasteiger partial charge < -0.3 is 9.84 Å². The van der Waals surface area contributed by atoms with E-state index in [1.54, 1.807) is 0 Å². The Morgan fingerprint density at radius 1 is 1.50 bits per heavy atom. The lowest BCUT2D eigenvalue weighted by molar-refractivity contribution is 0.0687. The van der Waals surface area contributed by atoms with Crippen molar-refractivity contribution in [3.63, 3.8) is 0 Å². The van der Waals surface area contributed by atoms with Gasteiger partial charge in [-0.1, -0.05) is 5.10 Å². The number of carboxylic acids is 1. The van der Waals surface area contributed by atoms with Gasteiger partial charge in [-0.05, 0) is 6.92 Å². The molecule has 0 saturated carbocycles. The first-order valence-corrected chi connectivity index (χ1v) is 3.13. The Balaban J connectivity index is 3.12. The van der Waals surface area contributed by atoms with Gasteiger partial charge >= 0.3 is 12.0 Å². The molecule has 1 heterocycles. The van der Waals surface area contributed by atoms with E-state index in [0.29, 0.717) is 0 Å². The number of aromatic nitrogens is 3. The Hall–Kier alpha value is -1.72. The molecule has 0 amide bonds. The van der Waals surface area contributed by atoms with Crippen molar-refractivity contribution in [2.75, 3.05) is 7.11 Å². The highest BCUT2D eigenvalue weighted by Crippen LogP contribution is 2.04. The Bertz CT molecular complexity index is 313. The molecular formula is C6H7N3O3. The van der Waals surface area contributed by atoms with Crippen molar-refractivity contribution < 1.29 is 14.6 Å². The maximum Gasteiger partial charge on any atom is 0.358 e. The van der Waals surface area contributed by atoms with Crippen LogP contribution in [0.1, 0.15) is 16.2 Å². The molecule has 0 unspecified atom stereocenters. The van der Waals surface area contributed by atoms with Crippen LogP contribution in [0.3, 0.4) is 0 Å². The standard InChI is InChI=1S/C6H7N3O3/c1-3-4(5(10)11)8-9-6(7-3)12-2/h1-2H3,(H,10,11). The summed E-state index contributed by atoms with van der Waals surface area (Å²) in [7, 11) is 1.39. The number of nitrogens with zero attached hydrogens (tertiary/aromatic N) is 3. The highest BCUT2D eigenvalue weighted by atomic mass is 16.5. The first-order chi connectivity index (χ1) is 5.65. The quantitative estimate of drug-likeness (QED) is 0.664. The van der Waals surface area contributed by atoms with Gasteiger partial charge in [-0.3, -0.25) is 0 Å². The van der Waals surface area contributed by atoms with E-state index in [9.17, 15) is 4.79 Å². The van der Waals surface area contributed by atoms with Crippen LogP contribution in [0.4, 0.5) is 0 Å². The van der Waals surface area contributed by atoms with Gasteiger partial charge in [0.05, 0.1) is 12.8 Å². The topological polar surface area (TPSA) is 85.2 Å². The molecule has 0 aliphatic carbocycles. The lowest BCUT2D eigenvalue weighted by Crippen LogP contribution is -2.08. The van der Waals surface area contributed by atoms with Gasteiger partial charge in [0.2, 0.25) is 0 Å².